The van der Waals surface area contributed by atoms with E-state index < -0.39 is 0 Å². The number of thiophene rings is 1. The van der Waals surface area contributed by atoms with Gasteiger partial charge in [0.2, 0.25) is 0 Å². The summed E-state index contributed by atoms with van der Waals surface area (Å²) in [4.78, 5) is 2.77. The first kappa shape index (κ1) is 12.7. The van der Waals surface area contributed by atoms with E-state index >= 15 is 0 Å². The smallest absolute Gasteiger partial charge is 0.0610 e. The van der Waals surface area contributed by atoms with Gasteiger partial charge in [-0.05, 0) is 31.9 Å². The summed E-state index contributed by atoms with van der Waals surface area (Å²) in [5.41, 5.74) is -0.142. The van der Waals surface area contributed by atoms with Gasteiger partial charge in [-0.15, -0.1) is 11.3 Å². The average molecular weight is 227 g/mol. The monoisotopic (exact) mass is 227 g/mol. The predicted octanol–water partition coefficient (Wildman–Crippen LogP) is 2.56. The van der Waals surface area contributed by atoms with Crippen LogP contribution in [0.15, 0.2) is 12.1 Å². The summed E-state index contributed by atoms with van der Waals surface area (Å²) in [7, 11) is 0. The molecule has 0 radical (unpaired) electrons. The molecule has 2 nitrogen and oxygen atoms in total. The van der Waals surface area contributed by atoms with Crippen LogP contribution in [0, 0.1) is 0 Å². The van der Waals surface area contributed by atoms with E-state index in [1.807, 2.05) is 11.3 Å². The maximum absolute atomic E-state index is 9.26. The van der Waals surface area contributed by atoms with Gasteiger partial charge < -0.3 is 10.4 Å². The molecule has 0 aliphatic heterocycles. The van der Waals surface area contributed by atoms with Crippen molar-refractivity contribution in [3.63, 3.8) is 0 Å². The summed E-state index contributed by atoms with van der Waals surface area (Å²) in [5.74, 6) is 0. The number of aliphatic hydroxyl groups is 1. The number of nitrogens with one attached hydrogen (secondary N) is 1. The zero-order valence-corrected chi connectivity index (χ0v) is 10.7. The van der Waals surface area contributed by atoms with E-state index in [0.29, 0.717) is 0 Å². The molecule has 0 aliphatic rings. The highest BCUT2D eigenvalue weighted by atomic mass is 32.1. The largest absolute Gasteiger partial charge is 0.394 e. The Balaban J connectivity index is 2.49. The fourth-order valence-electron chi connectivity index (χ4n) is 1.30. The Hall–Kier alpha value is -0.380. The van der Waals surface area contributed by atoms with Crippen molar-refractivity contribution in [2.75, 3.05) is 6.61 Å². The molecule has 1 aromatic heterocycles. The Morgan fingerprint density at radius 1 is 1.33 bits per heavy atom. The second-order valence-electron chi connectivity index (χ2n) is 4.15. The first-order valence-electron chi connectivity index (χ1n) is 5.57. The van der Waals surface area contributed by atoms with Crippen molar-refractivity contribution in [2.45, 2.75) is 45.7 Å². The number of aryl methyl sites for hydroxylation is 1. The molecule has 1 unspecified atom stereocenters. The van der Waals surface area contributed by atoms with Crippen LogP contribution in [0.25, 0.3) is 0 Å². The molecule has 0 amide bonds. The molecule has 15 heavy (non-hydrogen) atoms. The Morgan fingerprint density at radius 2 is 2.00 bits per heavy atom. The van der Waals surface area contributed by atoms with Crippen LogP contribution in [0.3, 0.4) is 0 Å². The van der Waals surface area contributed by atoms with Crippen LogP contribution in [0.5, 0.6) is 0 Å². The lowest BCUT2D eigenvalue weighted by Crippen LogP contribution is -2.44. The van der Waals surface area contributed by atoms with Crippen molar-refractivity contribution in [1.29, 1.82) is 0 Å². The molecule has 0 aliphatic carbocycles. The lowest BCUT2D eigenvalue weighted by molar-refractivity contribution is 0.169. The number of rotatable bonds is 6. The molecule has 0 fully saturated rings. The van der Waals surface area contributed by atoms with Gasteiger partial charge in [-0.25, -0.2) is 0 Å². The van der Waals surface area contributed by atoms with Crippen molar-refractivity contribution in [2.24, 2.45) is 0 Å². The Morgan fingerprint density at radius 3 is 2.47 bits per heavy atom. The molecule has 0 aromatic carbocycles. The first-order valence-corrected chi connectivity index (χ1v) is 6.38. The quantitative estimate of drug-likeness (QED) is 0.783. The molecule has 1 heterocycles. The van der Waals surface area contributed by atoms with Crippen molar-refractivity contribution in [3.05, 3.63) is 21.9 Å². The fourth-order valence-corrected chi connectivity index (χ4v) is 2.20. The maximum atomic E-state index is 9.26. The molecule has 1 atom stereocenters. The third kappa shape index (κ3) is 3.59. The van der Waals surface area contributed by atoms with Gasteiger partial charge in [-0.2, -0.15) is 0 Å². The van der Waals surface area contributed by atoms with Gasteiger partial charge in [0.25, 0.3) is 0 Å². The molecular weight excluding hydrogens is 206 g/mol. The van der Waals surface area contributed by atoms with Gasteiger partial charge >= 0.3 is 0 Å². The minimum Gasteiger partial charge on any atom is -0.394 e. The molecule has 0 spiro atoms. The molecule has 86 valence electrons. The van der Waals surface area contributed by atoms with E-state index in [0.717, 1.165) is 19.4 Å². The van der Waals surface area contributed by atoms with Crippen LogP contribution in [0.2, 0.25) is 0 Å². The second-order valence-corrected chi connectivity index (χ2v) is 5.40. The Bertz CT molecular complexity index is 292. The van der Waals surface area contributed by atoms with Crippen LogP contribution in [-0.2, 0) is 13.0 Å². The van der Waals surface area contributed by atoms with Crippen LogP contribution in [-0.4, -0.2) is 17.3 Å². The minimum atomic E-state index is -0.142. The van der Waals surface area contributed by atoms with Crippen molar-refractivity contribution in [1.82, 2.24) is 5.32 Å². The fraction of sp³-hybridized carbons (Fsp3) is 0.667. The minimum absolute atomic E-state index is 0.142. The first-order chi connectivity index (χ1) is 7.13. The summed E-state index contributed by atoms with van der Waals surface area (Å²) in [6, 6.07) is 4.36. The van der Waals surface area contributed by atoms with Gasteiger partial charge in [0.05, 0.1) is 6.61 Å². The van der Waals surface area contributed by atoms with Gasteiger partial charge in [0, 0.05) is 21.8 Å². The van der Waals surface area contributed by atoms with Gasteiger partial charge in [0.15, 0.2) is 0 Å². The SMILES string of the molecule is CCc1ccc(CNC(C)(CC)CO)s1. The molecule has 2 N–H and O–H groups in total. The highest BCUT2D eigenvalue weighted by Gasteiger charge is 2.19. The second kappa shape index (κ2) is 5.64. The zero-order chi connectivity index (χ0) is 11.3. The van der Waals surface area contributed by atoms with E-state index in [2.05, 4.69) is 38.2 Å². The van der Waals surface area contributed by atoms with E-state index in [1.165, 1.54) is 9.75 Å². The Labute approximate surface area is 96.3 Å². The molecule has 1 aromatic rings. The van der Waals surface area contributed by atoms with Crippen molar-refractivity contribution >= 4 is 11.3 Å². The van der Waals surface area contributed by atoms with Crippen LogP contribution in [0.1, 0.15) is 36.9 Å². The lowest BCUT2D eigenvalue weighted by Gasteiger charge is -2.26. The lowest BCUT2D eigenvalue weighted by atomic mass is 10.0. The van der Waals surface area contributed by atoms with Crippen LogP contribution in [0.4, 0.5) is 0 Å². The van der Waals surface area contributed by atoms with E-state index in [9.17, 15) is 5.11 Å². The zero-order valence-electron chi connectivity index (χ0n) is 9.84. The predicted molar refractivity (Wildman–Crippen MR) is 66.3 cm³/mol. The highest BCUT2D eigenvalue weighted by molar-refractivity contribution is 7.11. The third-order valence-corrected chi connectivity index (χ3v) is 4.11. The molecule has 3 heteroatoms. The molecular formula is C12H21NOS. The van der Waals surface area contributed by atoms with Gasteiger partial charge in [0.1, 0.15) is 0 Å². The van der Waals surface area contributed by atoms with Crippen LogP contribution >= 0.6 is 11.3 Å². The van der Waals surface area contributed by atoms with Gasteiger partial charge in [-0.3, -0.25) is 0 Å². The molecule has 0 saturated heterocycles. The summed E-state index contributed by atoms with van der Waals surface area (Å²) in [6.45, 7) is 7.37. The molecule has 1 rings (SSSR count). The number of aliphatic hydroxyl groups excluding tert-OH is 1. The maximum Gasteiger partial charge on any atom is 0.0610 e. The van der Waals surface area contributed by atoms with Crippen molar-refractivity contribution < 1.29 is 5.11 Å². The summed E-state index contributed by atoms with van der Waals surface area (Å²) in [5, 5.41) is 12.7. The normalized spacial score (nSPS) is 15.2. The van der Waals surface area contributed by atoms with Gasteiger partial charge in [-0.1, -0.05) is 13.8 Å². The summed E-state index contributed by atoms with van der Waals surface area (Å²) < 4.78 is 0. The van der Waals surface area contributed by atoms with Crippen LogP contribution < -0.4 is 5.32 Å². The number of hydrogen-bond donors (Lipinski definition) is 2. The Kier molecular flexibility index (Phi) is 4.77. The summed E-state index contributed by atoms with van der Waals surface area (Å²) >= 11 is 1.85. The van der Waals surface area contributed by atoms with E-state index in [1.54, 1.807) is 0 Å². The highest BCUT2D eigenvalue weighted by Crippen LogP contribution is 2.18. The number of hydrogen-bond acceptors (Lipinski definition) is 3. The topological polar surface area (TPSA) is 32.3 Å². The standard InChI is InChI=1S/C12H21NOS/c1-4-10-6-7-11(15-10)8-13-12(3,5-2)9-14/h6-7,13-14H,4-5,8-9H2,1-3H3. The average Bonchev–Trinajstić information content (AvgIpc) is 2.74. The van der Waals surface area contributed by atoms with Crippen molar-refractivity contribution in [3.8, 4) is 0 Å². The third-order valence-electron chi connectivity index (χ3n) is 2.88. The summed E-state index contributed by atoms with van der Waals surface area (Å²) in [6.07, 6.45) is 2.05. The van der Waals surface area contributed by atoms with E-state index in [-0.39, 0.29) is 12.1 Å². The van der Waals surface area contributed by atoms with E-state index in [4.69, 9.17) is 0 Å². The molecule has 0 saturated carbocycles. The molecule has 0 bridgehead atoms.